The van der Waals surface area contributed by atoms with Gasteiger partial charge in [0, 0.05) is 25.9 Å². The molecular weight excluding hydrogens is 414 g/mol. The number of anilines is 3. The van der Waals surface area contributed by atoms with Crippen LogP contribution in [0.25, 0.3) is 11.1 Å². The van der Waals surface area contributed by atoms with Gasteiger partial charge in [-0.05, 0) is 66.3 Å². The maximum Gasteiger partial charge on any atom is 0.256 e. The number of likely N-dealkylation sites (N-methyl/N-ethyl adjacent to an activating group) is 1. The van der Waals surface area contributed by atoms with Crippen LogP contribution in [0.15, 0.2) is 61.7 Å². The molecule has 2 aromatic rings. The van der Waals surface area contributed by atoms with Crippen molar-refractivity contribution in [2.75, 3.05) is 41.4 Å². The normalized spacial score (nSPS) is 21.5. The number of fused-ring (bicyclic) bond motifs is 2. The maximum atomic E-state index is 13.4. The maximum absolute atomic E-state index is 13.4. The van der Waals surface area contributed by atoms with E-state index in [9.17, 15) is 9.59 Å². The summed E-state index contributed by atoms with van der Waals surface area (Å²) >= 11 is 0. The zero-order valence-corrected chi connectivity index (χ0v) is 19.0. The van der Waals surface area contributed by atoms with Crippen LogP contribution >= 0.6 is 0 Å². The summed E-state index contributed by atoms with van der Waals surface area (Å²) in [6, 6.07) is 12.1. The Morgan fingerprint density at radius 2 is 1.82 bits per heavy atom. The van der Waals surface area contributed by atoms with E-state index in [0.717, 1.165) is 42.6 Å². The van der Waals surface area contributed by atoms with E-state index in [1.54, 1.807) is 15.9 Å². The molecule has 0 aromatic heterocycles. The zero-order chi connectivity index (χ0) is 23.1. The molecule has 0 N–H and O–H groups in total. The van der Waals surface area contributed by atoms with E-state index in [1.165, 1.54) is 17.3 Å². The average molecular weight is 444 g/mol. The van der Waals surface area contributed by atoms with Crippen molar-refractivity contribution < 1.29 is 14.3 Å². The number of amides is 2. The first-order valence-electron chi connectivity index (χ1n) is 11.5. The van der Waals surface area contributed by atoms with E-state index >= 15 is 0 Å². The lowest BCUT2D eigenvalue weighted by atomic mass is 9.97. The molecule has 0 radical (unpaired) electrons. The van der Waals surface area contributed by atoms with E-state index in [2.05, 4.69) is 43.3 Å². The summed E-state index contributed by atoms with van der Waals surface area (Å²) in [6.07, 6.45) is 5.21. The molecule has 3 aliphatic heterocycles. The molecule has 170 valence electrons. The molecule has 6 nitrogen and oxygen atoms in total. The molecule has 1 fully saturated rings. The van der Waals surface area contributed by atoms with Gasteiger partial charge in [0.2, 0.25) is 0 Å². The number of ether oxygens (including phenoxy) is 1. The van der Waals surface area contributed by atoms with Crippen molar-refractivity contribution in [3.8, 4) is 11.1 Å². The molecular formula is C27H29N3O3. The molecule has 0 spiro atoms. The first-order chi connectivity index (χ1) is 16.0. The van der Waals surface area contributed by atoms with Crippen LogP contribution in [0.3, 0.4) is 0 Å². The van der Waals surface area contributed by atoms with Gasteiger partial charge in [-0.3, -0.25) is 14.5 Å². The lowest BCUT2D eigenvalue weighted by molar-refractivity contribution is -0.127. The Hall–Kier alpha value is -3.38. The minimum absolute atomic E-state index is 0.0565. The second kappa shape index (κ2) is 8.52. The number of carbonyl (C=O) groups is 2. The van der Waals surface area contributed by atoms with Gasteiger partial charge >= 0.3 is 0 Å². The highest BCUT2D eigenvalue weighted by Crippen LogP contribution is 2.41. The number of nitrogens with zero attached hydrogens (tertiary/aromatic N) is 3. The van der Waals surface area contributed by atoms with E-state index in [4.69, 9.17) is 4.74 Å². The lowest BCUT2D eigenvalue weighted by Gasteiger charge is -2.41. The third-order valence-electron chi connectivity index (χ3n) is 6.92. The second-order valence-electron chi connectivity index (χ2n) is 8.88. The average Bonchev–Trinajstić information content (AvgIpc) is 3.52. The summed E-state index contributed by atoms with van der Waals surface area (Å²) in [5.41, 5.74) is 6.12. The second-order valence-corrected chi connectivity index (χ2v) is 8.88. The minimum atomic E-state index is -0.441. The molecule has 33 heavy (non-hydrogen) atoms. The predicted octanol–water partition coefficient (Wildman–Crippen LogP) is 3.95. The Bertz CT molecular complexity index is 1140. The fourth-order valence-corrected chi connectivity index (χ4v) is 5.13. The van der Waals surface area contributed by atoms with Gasteiger partial charge in [-0.25, -0.2) is 0 Å². The molecule has 0 aliphatic carbocycles. The topological polar surface area (TPSA) is 53.1 Å². The summed E-state index contributed by atoms with van der Waals surface area (Å²) in [6.45, 7) is 9.55. The van der Waals surface area contributed by atoms with E-state index < -0.39 is 6.10 Å². The highest BCUT2D eigenvalue weighted by molar-refractivity contribution is 6.09. The summed E-state index contributed by atoms with van der Waals surface area (Å²) in [5, 5.41) is 0. The van der Waals surface area contributed by atoms with Crippen molar-refractivity contribution in [1.82, 2.24) is 0 Å². The third-order valence-corrected chi connectivity index (χ3v) is 6.92. The Kier molecular flexibility index (Phi) is 5.54. The van der Waals surface area contributed by atoms with Crippen molar-refractivity contribution in [3.63, 3.8) is 0 Å². The Labute approximate surface area is 194 Å². The number of hydrogen-bond donors (Lipinski definition) is 0. The molecule has 3 heterocycles. The van der Waals surface area contributed by atoms with E-state index in [-0.39, 0.29) is 17.9 Å². The fourth-order valence-electron chi connectivity index (χ4n) is 5.13. The molecule has 2 aromatic carbocycles. The Morgan fingerprint density at radius 1 is 1.06 bits per heavy atom. The largest absolute Gasteiger partial charge is 0.374 e. The minimum Gasteiger partial charge on any atom is -0.374 e. The Morgan fingerprint density at radius 3 is 2.52 bits per heavy atom. The number of rotatable bonds is 4. The van der Waals surface area contributed by atoms with Crippen LogP contribution in [0, 0.1) is 0 Å². The van der Waals surface area contributed by atoms with Crippen molar-refractivity contribution in [2.24, 2.45) is 0 Å². The quantitative estimate of drug-likeness (QED) is 0.531. The van der Waals surface area contributed by atoms with Crippen LogP contribution < -0.4 is 14.7 Å². The fraction of sp³-hybridized carbons (Fsp3) is 0.333. The molecule has 3 aliphatic rings. The van der Waals surface area contributed by atoms with E-state index in [1.807, 2.05) is 18.2 Å². The predicted molar refractivity (Wildman–Crippen MR) is 132 cm³/mol. The van der Waals surface area contributed by atoms with Crippen molar-refractivity contribution in [3.05, 3.63) is 67.3 Å². The smallest absolute Gasteiger partial charge is 0.256 e. The third kappa shape index (κ3) is 3.64. The molecule has 2 amide bonds. The number of benzene rings is 2. The van der Waals surface area contributed by atoms with Crippen LogP contribution in [0.2, 0.25) is 0 Å². The lowest BCUT2D eigenvalue weighted by Crippen LogP contribution is -2.54. The molecule has 1 saturated heterocycles. The van der Waals surface area contributed by atoms with Crippen LogP contribution in [-0.2, 0) is 20.7 Å². The summed E-state index contributed by atoms with van der Waals surface area (Å²) in [5.74, 6) is -0.266. The summed E-state index contributed by atoms with van der Waals surface area (Å²) in [4.78, 5) is 31.9. The van der Waals surface area contributed by atoms with Crippen molar-refractivity contribution in [1.29, 1.82) is 0 Å². The first kappa shape index (κ1) is 21.5. The van der Waals surface area contributed by atoms with Gasteiger partial charge in [-0.1, -0.05) is 24.8 Å². The van der Waals surface area contributed by atoms with Crippen LogP contribution in [-0.4, -0.2) is 50.7 Å². The van der Waals surface area contributed by atoms with Crippen LogP contribution in [0.4, 0.5) is 17.1 Å². The monoisotopic (exact) mass is 443 g/mol. The standard InChI is InChI=1S/C27H29N3O3/c1-4-21-17-29(27(32)25-7-6-14-33-25)24-16-19(9-11-23(24)30(21)26(31)5-2)18-8-10-22-20(15-18)12-13-28(22)3/h4-5,8-11,15-16,21,25H,1-2,6-7,12-14,17H2,3H3/t21-,25?/m0/s1. The number of hydrogen-bond acceptors (Lipinski definition) is 4. The molecule has 1 unspecified atom stereocenters. The first-order valence-corrected chi connectivity index (χ1v) is 11.5. The van der Waals surface area contributed by atoms with Gasteiger partial charge in [0.15, 0.2) is 0 Å². The summed E-state index contributed by atoms with van der Waals surface area (Å²) in [7, 11) is 2.11. The van der Waals surface area contributed by atoms with Crippen LogP contribution in [0.5, 0.6) is 0 Å². The van der Waals surface area contributed by atoms with Gasteiger partial charge in [0.25, 0.3) is 11.8 Å². The SMILES string of the molecule is C=CC(=O)N1c2ccc(-c3ccc4c(c3)CCN4C)cc2N(C(=O)C2CCCO2)C[C@@H]1C=C. The van der Waals surface area contributed by atoms with Gasteiger partial charge in [-0.2, -0.15) is 0 Å². The van der Waals surface area contributed by atoms with Gasteiger partial charge < -0.3 is 14.5 Å². The van der Waals surface area contributed by atoms with Crippen molar-refractivity contribution >= 4 is 28.9 Å². The highest BCUT2D eigenvalue weighted by atomic mass is 16.5. The molecule has 0 bridgehead atoms. The number of carbonyl (C=O) groups excluding carboxylic acids is 2. The van der Waals surface area contributed by atoms with Crippen molar-refractivity contribution in [2.45, 2.75) is 31.4 Å². The molecule has 5 rings (SSSR count). The molecule has 6 heteroatoms. The van der Waals surface area contributed by atoms with Gasteiger partial charge in [0.05, 0.1) is 24.0 Å². The molecule has 2 atom stereocenters. The summed E-state index contributed by atoms with van der Waals surface area (Å²) < 4.78 is 5.70. The zero-order valence-electron chi connectivity index (χ0n) is 19.0. The highest BCUT2D eigenvalue weighted by Gasteiger charge is 2.38. The van der Waals surface area contributed by atoms with Gasteiger partial charge in [0.1, 0.15) is 6.10 Å². The van der Waals surface area contributed by atoms with E-state index in [0.29, 0.717) is 18.8 Å². The Balaban J connectivity index is 1.60. The molecule has 0 saturated carbocycles. The van der Waals surface area contributed by atoms with Crippen LogP contribution in [0.1, 0.15) is 18.4 Å². The van der Waals surface area contributed by atoms with Gasteiger partial charge in [-0.15, -0.1) is 6.58 Å².